The first-order chi connectivity index (χ1) is 8.72. The Morgan fingerprint density at radius 1 is 1.28 bits per heavy atom. The van der Waals surface area contributed by atoms with E-state index >= 15 is 0 Å². The number of amides is 2. The predicted octanol–water partition coefficient (Wildman–Crippen LogP) is 1.18. The molecule has 2 unspecified atom stereocenters. The van der Waals surface area contributed by atoms with Crippen LogP contribution in [0.5, 0.6) is 0 Å². The molecule has 96 valence electrons. The molecule has 3 fully saturated rings. The highest BCUT2D eigenvalue weighted by atomic mass is 16.2. The average Bonchev–Trinajstić information content (AvgIpc) is 2.37. The van der Waals surface area contributed by atoms with Crippen LogP contribution in [0.15, 0.2) is 30.3 Å². The van der Waals surface area contributed by atoms with Crippen molar-refractivity contribution in [2.45, 2.75) is 19.0 Å². The number of nitrogens with zero attached hydrogens (tertiary/aromatic N) is 1. The first-order valence-electron chi connectivity index (χ1n) is 6.54. The minimum absolute atomic E-state index is 0.314. The largest absolute Gasteiger partial charge is 0.352 e. The van der Waals surface area contributed by atoms with Gasteiger partial charge in [0.2, 0.25) is 0 Å². The van der Waals surface area contributed by atoms with Gasteiger partial charge in [0.1, 0.15) is 0 Å². The van der Waals surface area contributed by atoms with Crippen LogP contribution in [0.2, 0.25) is 0 Å². The third-order valence-electron chi connectivity index (χ3n) is 4.16. The van der Waals surface area contributed by atoms with Crippen molar-refractivity contribution >= 4 is 6.03 Å². The van der Waals surface area contributed by atoms with Gasteiger partial charge in [0.15, 0.2) is 0 Å². The van der Waals surface area contributed by atoms with Gasteiger partial charge in [-0.1, -0.05) is 30.3 Å². The summed E-state index contributed by atoms with van der Waals surface area (Å²) in [7, 11) is 0. The van der Waals surface area contributed by atoms with E-state index in [9.17, 15) is 4.79 Å². The normalized spacial score (nSPS) is 30.6. The molecule has 2 atom stereocenters. The van der Waals surface area contributed by atoms with Gasteiger partial charge < -0.3 is 11.1 Å². The van der Waals surface area contributed by atoms with E-state index in [0.29, 0.717) is 17.9 Å². The Kier molecular flexibility index (Phi) is 2.96. The number of nitrogens with two attached hydrogens (primary N) is 1. The predicted molar refractivity (Wildman–Crippen MR) is 69.8 cm³/mol. The summed E-state index contributed by atoms with van der Waals surface area (Å²) in [6, 6.07) is 10.5. The van der Waals surface area contributed by atoms with E-state index in [2.05, 4.69) is 34.5 Å². The van der Waals surface area contributed by atoms with Crippen molar-refractivity contribution in [2.75, 3.05) is 13.1 Å². The highest BCUT2D eigenvalue weighted by Gasteiger charge is 2.46. The second-order valence-corrected chi connectivity index (χ2v) is 5.47. The topological polar surface area (TPSA) is 58.4 Å². The van der Waals surface area contributed by atoms with Gasteiger partial charge in [0.05, 0.1) is 0 Å². The summed E-state index contributed by atoms with van der Waals surface area (Å²) in [6.07, 6.45) is 1.23. The molecule has 4 heteroatoms. The Labute approximate surface area is 107 Å². The van der Waals surface area contributed by atoms with Crippen molar-refractivity contribution in [1.82, 2.24) is 10.2 Å². The Bertz CT molecular complexity index is 422. The summed E-state index contributed by atoms with van der Waals surface area (Å²) in [5.41, 5.74) is 6.56. The number of hydrogen-bond acceptors (Lipinski definition) is 2. The molecule has 2 heterocycles. The van der Waals surface area contributed by atoms with Gasteiger partial charge in [0, 0.05) is 25.7 Å². The molecule has 18 heavy (non-hydrogen) atoms. The van der Waals surface area contributed by atoms with Gasteiger partial charge in [0.25, 0.3) is 0 Å². The highest BCUT2D eigenvalue weighted by molar-refractivity contribution is 5.72. The lowest BCUT2D eigenvalue weighted by Gasteiger charge is -2.53. The molecule has 1 aromatic carbocycles. The van der Waals surface area contributed by atoms with Crippen molar-refractivity contribution < 1.29 is 4.79 Å². The maximum absolute atomic E-state index is 10.9. The second kappa shape index (κ2) is 4.61. The van der Waals surface area contributed by atoms with Crippen molar-refractivity contribution in [1.29, 1.82) is 0 Å². The van der Waals surface area contributed by atoms with E-state index in [1.54, 1.807) is 0 Å². The van der Waals surface area contributed by atoms with Gasteiger partial charge in [-0.05, 0) is 23.8 Å². The van der Waals surface area contributed by atoms with E-state index in [1.807, 2.05) is 6.07 Å². The number of rotatable bonds is 3. The third-order valence-corrected chi connectivity index (χ3v) is 4.16. The number of fused-ring (bicyclic) bond motifs is 2. The van der Waals surface area contributed by atoms with Gasteiger partial charge >= 0.3 is 6.03 Å². The lowest BCUT2D eigenvalue weighted by molar-refractivity contribution is -0.0129. The van der Waals surface area contributed by atoms with Crippen LogP contribution >= 0.6 is 0 Å². The number of primary amides is 1. The van der Waals surface area contributed by atoms with Crippen LogP contribution in [-0.2, 0) is 6.54 Å². The molecule has 2 saturated heterocycles. The van der Waals surface area contributed by atoms with Crippen LogP contribution in [0, 0.1) is 11.8 Å². The first kappa shape index (κ1) is 11.5. The summed E-state index contributed by atoms with van der Waals surface area (Å²) < 4.78 is 0. The van der Waals surface area contributed by atoms with E-state index in [0.717, 1.165) is 19.6 Å². The Balaban J connectivity index is 1.56. The molecule has 1 saturated carbocycles. The molecular weight excluding hydrogens is 226 g/mol. The Morgan fingerprint density at radius 3 is 2.56 bits per heavy atom. The Hall–Kier alpha value is -1.55. The van der Waals surface area contributed by atoms with Crippen LogP contribution in [0.1, 0.15) is 12.0 Å². The molecule has 0 aromatic heterocycles. The number of benzene rings is 1. The molecule has 0 radical (unpaired) electrons. The van der Waals surface area contributed by atoms with Crippen LogP contribution < -0.4 is 11.1 Å². The summed E-state index contributed by atoms with van der Waals surface area (Å²) in [6.45, 7) is 3.14. The number of piperidine rings is 2. The smallest absolute Gasteiger partial charge is 0.312 e. The zero-order chi connectivity index (χ0) is 12.5. The minimum Gasteiger partial charge on any atom is -0.352 e. The maximum atomic E-state index is 10.9. The van der Waals surface area contributed by atoms with Crippen LogP contribution in [-0.4, -0.2) is 30.1 Å². The first-order valence-corrected chi connectivity index (χ1v) is 6.54. The van der Waals surface area contributed by atoms with Crippen LogP contribution in [0.25, 0.3) is 0 Å². The lowest BCUT2D eigenvalue weighted by atomic mass is 9.66. The molecule has 0 spiro atoms. The fraction of sp³-hybridized carbons (Fsp3) is 0.500. The van der Waals surface area contributed by atoms with E-state index in [-0.39, 0.29) is 6.03 Å². The van der Waals surface area contributed by atoms with Gasteiger partial charge in [-0.25, -0.2) is 4.79 Å². The third kappa shape index (κ3) is 2.20. The van der Waals surface area contributed by atoms with Gasteiger partial charge in [-0.2, -0.15) is 0 Å². The van der Waals surface area contributed by atoms with Crippen molar-refractivity contribution in [3.8, 4) is 0 Å². The van der Waals surface area contributed by atoms with Crippen LogP contribution in [0.3, 0.4) is 0 Å². The molecule has 2 bridgehead atoms. The zero-order valence-electron chi connectivity index (χ0n) is 10.4. The number of nitrogens with one attached hydrogen (secondary N) is 1. The van der Waals surface area contributed by atoms with E-state index in [1.165, 1.54) is 12.0 Å². The summed E-state index contributed by atoms with van der Waals surface area (Å²) in [5, 5.41) is 2.88. The molecule has 3 aliphatic rings. The van der Waals surface area contributed by atoms with Gasteiger partial charge in [-0.3, -0.25) is 4.90 Å². The summed E-state index contributed by atoms with van der Waals surface area (Å²) >= 11 is 0. The van der Waals surface area contributed by atoms with Crippen molar-refractivity contribution in [3.63, 3.8) is 0 Å². The molecular formula is C14H19N3O. The monoisotopic (exact) mass is 245 g/mol. The second-order valence-electron chi connectivity index (χ2n) is 5.47. The average molecular weight is 245 g/mol. The molecule has 1 aromatic rings. The number of urea groups is 1. The highest BCUT2D eigenvalue weighted by Crippen LogP contribution is 2.40. The summed E-state index contributed by atoms with van der Waals surface area (Å²) in [4.78, 5) is 13.4. The maximum Gasteiger partial charge on any atom is 0.312 e. The molecule has 4 nitrogen and oxygen atoms in total. The fourth-order valence-electron chi connectivity index (χ4n) is 3.36. The molecule has 2 amide bonds. The lowest BCUT2D eigenvalue weighted by Crippen LogP contribution is -2.64. The van der Waals surface area contributed by atoms with E-state index < -0.39 is 0 Å². The minimum atomic E-state index is -0.383. The molecule has 1 aliphatic carbocycles. The van der Waals surface area contributed by atoms with E-state index in [4.69, 9.17) is 5.73 Å². The SMILES string of the molecule is NC(=O)NC1C2CC1CN(Cc1ccccc1)C2. The fourth-order valence-corrected chi connectivity index (χ4v) is 3.36. The quantitative estimate of drug-likeness (QED) is 0.840. The summed E-state index contributed by atoms with van der Waals surface area (Å²) in [5.74, 6) is 1.17. The zero-order valence-corrected chi connectivity index (χ0v) is 10.4. The number of carbonyl (C=O) groups excluding carboxylic acids is 1. The number of carbonyl (C=O) groups is 1. The van der Waals surface area contributed by atoms with Crippen LogP contribution in [0.4, 0.5) is 4.79 Å². The molecule has 3 N–H and O–H groups in total. The Morgan fingerprint density at radius 2 is 1.94 bits per heavy atom. The molecule has 4 rings (SSSR count). The van der Waals surface area contributed by atoms with Crippen molar-refractivity contribution in [3.05, 3.63) is 35.9 Å². The van der Waals surface area contributed by atoms with Gasteiger partial charge in [-0.15, -0.1) is 0 Å². The molecule has 2 aliphatic heterocycles. The number of hydrogen-bond donors (Lipinski definition) is 2. The standard InChI is InChI=1S/C14H19N3O/c15-14(18)16-13-11-6-12(13)9-17(8-11)7-10-4-2-1-3-5-10/h1-5,11-13H,6-9H2,(H3,15,16,18). The van der Waals surface area contributed by atoms with Crippen molar-refractivity contribution in [2.24, 2.45) is 17.6 Å².